The highest BCUT2D eigenvalue weighted by Gasteiger charge is 2.50. The van der Waals surface area contributed by atoms with E-state index in [-0.39, 0.29) is 24.1 Å². The number of benzene rings is 1. The van der Waals surface area contributed by atoms with Gasteiger partial charge in [-0.1, -0.05) is 12.1 Å². The lowest BCUT2D eigenvalue weighted by Crippen LogP contribution is -2.41. The van der Waals surface area contributed by atoms with Gasteiger partial charge in [-0.3, -0.25) is 0 Å². The third-order valence-electron chi connectivity index (χ3n) is 4.23. The molecule has 5 heteroatoms. The minimum absolute atomic E-state index is 0.299. The number of rotatable bonds is 4. The highest BCUT2D eigenvalue weighted by molar-refractivity contribution is 6.45. The third-order valence-corrected chi connectivity index (χ3v) is 4.23. The Morgan fingerprint density at radius 1 is 1.10 bits per heavy atom. The highest BCUT2D eigenvalue weighted by Crippen LogP contribution is 2.38. The van der Waals surface area contributed by atoms with Crippen LogP contribution in [0.15, 0.2) is 24.3 Å². The molecule has 3 nitrogen and oxygen atoms in total. The summed E-state index contributed by atoms with van der Waals surface area (Å²) in [4.78, 5) is 0. The normalized spacial score (nSPS) is 22.0. The molecule has 1 saturated heterocycles. The Hall–Kier alpha value is -0.905. The van der Waals surface area contributed by atoms with E-state index in [0.29, 0.717) is 18.3 Å². The Labute approximate surface area is 120 Å². The summed E-state index contributed by atoms with van der Waals surface area (Å²) >= 11 is 0. The van der Waals surface area contributed by atoms with Crippen molar-refractivity contribution in [2.45, 2.75) is 57.7 Å². The topological polar surface area (TPSA) is 38.7 Å². The van der Waals surface area contributed by atoms with Gasteiger partial charge >= 0.3 is 7.12 Å². The van der Waals surface area contributed by atoms with E-state index in [1.165, 1.54) is 12.1 Å². The van der Waals surface area contributed by atoms with Crippen LogP contribution in [0.2, 0.25) is 6.32 Å². The molecular weight excluding hydrogens is 258 g/mol. The number of halogens is 1. The van der Waals surface area contributed by atoms with Crippen molar-refractivity contribution in [3.63, 3.8) is 0 Å². The molecule has 110 valence electrons. The zero-order valence-electron chi connectivity index (χ0n) is 12.5. The predicted molar refractivity (Wildman–Crippen MR) is 76.9 cm³/mol. The minimum atomic E-state index is -0.630. The fourth-order valence-electron chi connectivity index (χ4n) is 2.23. The van der Waals surface area contributed by atoms with Gasteiger partial charge in [0.05, 0.1) is 17.3 Å². The van der Waals surface area contributed by atoms with Crippen LogP contribution in [0.5, 0.6) is 0 Å². The van der Waals surface area contributed by atoms with Crippen LogP contribution in [0.25, 0.3) is 0 Å². The van der Waals surface area contributed by atoms with Crippen molar-refractivity contribution in [1.29, 1.82) is 0 Å². The zero-order chi connectivity index (χ0) is 15.0. The summed E-state index contributed by atoms with van der Waals surface area (Å²) in [5, 5.41) is 10.1. The molecule has 0 spiro atoms. The van der Waals surface area contributed by atoms with Gasteiger partial charge in [-0.25, -0.2) is 4.39 Å². The van der Waals surface area contributed by atoms with Gasteiger partial charge in [-0.2, -0.15) is 0 Å². The van der Waals surface area contributed by atoms with Gasteiger partial charge in [-0.15, -0.1) is 0 Å². The van der Waals surface area contributed by atoms with Crippen molar-refractivity contribution in [1.82, 2.24) is 0 Å². The van der Waals surface area contributed by atoms with E-state index in [9.17, 15) is 9.50 Å². The Bertz CT molecular complexity index is 443. The molecule has 0 amide bonds. The maximum atomic E-state index is 12.8. The molecule has 20 heavy (non-hydrogen) atoms. The standard InChI is InChI=1S/C15H22BFO3/c1-14(2)15(3,4)20-16(19-14)10-9-13(18)11-5-7-12(17)8-6-11/h5-8,13,18H,9-10H2,1-4H3/t13-/m0/s1. The first kappa shape index (κ1) is 15.5. The molecule has 1 aliphatic heterocycles. The summed E-state index contributed by atoms with van der Waals surface area (Å²) in [5.41, 5.74) is 0.0136. The molecule has 0 aromatic heterocycles. The number of aliphatic hydroxyl groups excluding tert-OH is 1. The smallest absolute Gasteiger partial charge is 0.403 e. The first-order valence-electron chi connectivity index (χ1n) is 7.00. The highest BCUT2D eigenvalue weighted by atomic mass is 19.1. The van der Waals surface area contributed by atoms with Crippen LogP contribution in [0.3, 0.4) is 0 Å². The molecule has 0 saturated carbocycles. The first-order chi connectivity index (χ1) is 9.21. The van der Waals surface area contributed by atoms with Gasteiger partial charge in [0, 0.05) is 0 Å². The summed E-state index contributed by atoms with van der Waals surface area (Å²) in [6.45, 7) is 8.01. The molecule has 1 fully saturated rings. The van der Waals surface area contributed by atoms with Crippen molar-refractivity contribution in [3.05, 3.63) is 35.6 Å². The molecular formula is C15H22BFO3. The van der Waals surface area contributed by atoms with Crippen LogP contribution < -0.4 is 0 Å². The van der Waals surface area contributed by atoms with Gasteiger partial charge in [0.15, 0.2) is 0 Å². The van der Waals surface area contributed by atoms with Gasteiger partial charge in [-0.05, 0) is 58.1 Å². The second-order valence-electron chi connectivity index (χ2n) is 6.33. The van der Waals surface area contributed by atoms with E-state index in [4.69, 9.17) is 9.31 Å². The molecule has 0 radical (unpaired) electrons. The lowest BCUT2D eigenvalue weighted by Gasteiger charge is -2.32. The van der Waals surface area contributed by atoms with Crippen LogP contribution in [-0.2, 0) is 9.31 Å². The van der Waals surface area contributed by atoms with E-state index < -0.39 is 6.10 Å². The molecule has 1 atom stereocenters. The van der Waals surface area contributed by atoms with E-state index in [2.05, 4.69) is 0 Å². The molecule has 0 unspecified atom stereocenters. The molecule has 1 aliphatic rings. The lowest BCUT2D eigenvalue weighted by atomic mass is 9.81. The molecule has 0 bridgehead atoms. The first-order valence-corrected chi connectivity index (χ1v) is 7.00. The summed E-state index contributed by atoms with van der Waals surface area (Å²) in [6.07, 6.45) is 0.489. The van der Waals surface area contributed by atoms with Gasteiger partial charge < -0.3 is 14.4 Å². The van der Waals surface area contributed by atoms with Crippen molar-refractivity contribution in [3.8, 4) is 0 Å². The fourth-order valence-corrected chi connectivity index (χ4v) is 2.23. The minimum Gasteiger partial charge on any atom is -0.403 e. The number of hydrogen-bond donors (Lipinski definition) is 1. The van der Waals surface area contributed by atoms with Crippen LogP contribution >= 0.6 is 0 Å². The summed E-state index contributed by atoms with van der Waals surface area (Å²) in [6, 6.07) is 5.91. The Morgan fingerprint density at radius 3 is 2.10 bits per heavy atom. The maximum absolute atomic E-state index is 12.8. The maximum Gasteiger partial charge on any atom is 0.457 e. The van der Waals surface area contributed by atoms with Crippen LogP contribution in [0.4, 0.5) is 4.39 Å². The SMILES string of the molecule is CC1(C)OB(CC[C@H](O)c2ccc(F)cc2)OC1(C)C. The molecule has 1 N–H and O–H groups in total. The van der Waals surface area contributed by atoms with E-state index in [1.807, 2.05) is 27.7 Å². The van der Waals surface area contributed by atoms with E-state index in [1.54, 1.807) is 12.1 Å². The van der Waals surface area contributed by atoms with Gasteiger partial charge in [0.2, 0.25) is 0 Å². The quantitative estimate of drug-likeness (QED) is 0.860. The van der Waals surface area contributed by atoms with Crippen LogP contribution in [-0.4, -0.2) is 23.4 Å². The van der Waals surface area contributed by atoms with Crippen LogP contribution in [0.1, 0.15) is 45.8 Å². The van der Waals surface area contributed by atoms with Crippen molar-refractivity contribution in [2.75, 3.05) is 0 Å². The molecule has 0 aliphatic carbocycles. The molecule has 1 heterocycles. The number of aliphatic hydroxyl groups is 1. The predicted octanol–water partition coefficient (Wildman–Crippen LogP) is 3.34. The van der Waals surface area contributed by atoms with E-state index in [0.717, 1.165) is 0 Å². The van der Waals surface area contributed by atoms with E-state index >= 15 is 0 Å². The Morgan fingerprint density at radius 2 is 1.60 bits per heavy atom. The number of hydrogen-bond acceptors (Lipinski definition) is 3. The second-order valence-corrected chi connectivity index (χ2v) is 6.33. The summed E-state index contributed by atoms with van der Waals surface area (Å²) in [7, 11) is -0.310. The van der Waals surface area contributed by atoms with Gasteiger partial charge in [0.25, 0.3) is 0 Å². The van der Waals surface area contributed by atoms with Crippen molar-refractivity contribution in [2.24, 2.45) is 0 Å². The van der Waals surface area contributed by atoms with Crippen molar-refractivity contribution >= 4 is 7.12 Å². The lowest BCUT2D eigenvalue weighted by molar-refractivity contribution is 0.00578. The van der Waals surface area contributed by atoms with Crippen molar-refractivity contribution < 1.29 is 18.8 Å². The summed E-state index contributed by atoms with van der Waals surface area (Å²) < 4.78 is 24.6. The average molecular weight is 280 g/mol. The molecule has 2 rings (SSSR count). The third kappa shape index (κ3) is 3.22. The van der Waals surface area contributed by atoms with Gasteiger partial charge in [0.1, 0.15) is 5.82 Å². The zero-order valence-corrected chi connectivity index (χ0v) is 12.5. The molecule has 1 aromatic carbocycles. The Balaban J connectivity index is 1.89. The largest absolute Gasteiger partial charge is 0.457 e. The fraction of sp³-hybridized carbons (Fsp3) is 0.600. The second kappa shape index (κ2) is 5.47. The van der Waals surface area contributed by atoms with Crippen LogP contribution in [0, 0.1) is 5.82 Å². The monoisotopic (exact) mass is 280 g/mol. The average Bonchev–Trinajstić information content (AvgIpc) is 2.56. The Kier molecular flexibility index (Phi) is 4.23. The summed E-state index contributed by atoms with van der Waals surface area (Å²) in [5.74, 6) is -0.299. The molecule has 1 aromatic rings.